The lowest BCUT2D eigenvalue weighted by molar-refractivity contribution is 0.0920. The Kier molecular flexibility index (Phi) is 5.42. The molecule has 3 aromatic rings. The summed E-state index contributed by atoms with van der Waals surface area (Å²) in [6.07, 6.45) is 1.73. The molecule has 0 atom stereocenters. The standard InChI is InChI=1S/C25H19ClO4/c1-15-3-5-17(6-4-15)12-23-25(28)24-16(2)11-20(13-22(24)30-23)29-14-21(27)18-7-9-19(26)10-8-18/h3-13H,14H2,1-2H3/b23-12-. The summed E-state index contributed by atoms with van der Waals surface area (Å²) in [7, 11) is 0. The van der Waals surface area contributed by atoms with Crippen LogP contribution in [0.1, 0.15) is 37.4 Å². The molecule has 0 fully saturated rings. The van der Waals surface area contributed by atoms with Gasteiger partial charge in [-0.05, 0) is 61.4 Å². The van der Waals surface area contributed by atoms with Gasteiger partial charge in [0.2, 0.25) is 5.78 Å². The van der Waals surface area contributed by atoms with Crippen LogP contribution in [0.5, 0.6) is 11.5 Å². The first-order valence-corrected chi connectivity index (χ1v) is 9.85. The SMILES string of the molecule is Cc1ccc(/C=C2\Oc3cc(OCC(=O)c4ccc(Cl)cc4)cc(C)c3C2=O)cc1. The van der Waals surface area contributed by atoms with Crippen LogP contribution < -0.4 is 9.47 Å². The largest absolute Gasteiger partial charge is 0.485 e. The van der Waals surface area contributed by atoms with E-state index in [0.29, 0.717) is 27.6 Å². The Morgan fingerprint density at radius 2 is 1.73 bits per heavy atom. The number of allylic oxidation sites excluding steroid dienone is 1. The zero-order chi connectivity index (χ0) is 21.3. The summed E-state index contributed by atoms with van der Waals surface area (Å²) in [6.45, 7) is 3.70. The van der Waals surface area contributed by atoms with E-state index in [1.807, 2.05) is 38.1 Å². The monoisotopic (exact) mass is 418 g/mol. The van der Waals surface area contributed by atoms with Crippen molar-refractivity contribution < 1.29 is 19.1 Å². The maximum atomic E-state index is 12.8. The number of ketones is 2. The van der Waals surface area contributed by atoms with Gasteiger partial charge in [0.05, 0.1) is 5.56 Å². The summed E-state index contributed by atoms with van der Waals surface area (Å²) in [5.74, 6) is 0.852. The first-order valence-electron chi connectivity index (χ1n) is 9.48. The fourth-order valence-electron chi connectivity index (χ4n) is 3.24. The maximum Gasteiger partial charge on any atom is 0.232 e. The second-order valence-electron chi connectivity index (χ2n) is 7.18. The van der Waals surface area contributed by atoms with Crippen LogP contribution in [-0.4, -0.2) is 18.2 Å². The lowest BCUT2D eigenvalue weighted by Gasteiger charge is -2.09. The van der Waals surface area contributed by atoms with E-state index in [0.717, 1.165) is 16.7 Å². The highest BCUT2D eigenvalue weighted by Crippen LogP contribution is 2.37. The molecule has 0 aromatic heterocycles. The predicted octanol–water partition coefficient (Wildman–Crippen LogP) is 5.83. The first kappa shape index (κ1) is 19.9. The third-order valence-corrected chi connectivity index (χ3v) is 5.11. The van der Waals surface area contributed by atoms with Gasteiger partial charge in [-0.1, -0.05) is 41.4 Å². The number of aryl methyl sites for hydroxylation is 2. The molecule has 0 bridgehead atoms. The first-order chi connectivity index (χ1) is 14.4. The van der Waals surface area contributed by atoms with Gasteiger partial charge >= 0.3 is 0 Å². The molecule has 3 aromatic carbocycles. The molecule has 0 radical (unpaired) electrons. The Morgan fingerprint density at radius 3 is 2.43 bits per heavy atom. The van der Waals surface area contributed by atoms with Crippen LogP contribution in [0.25, 0.3) is 6.08 Å². The molecule has 0 amide bonds. The predicted molar refractivity (Wildman–Crippen MR) is 117 cm³/mol. The van der Waals surface area contributed by atoms with Crippen LogP contribution in [0.4, 0.5) is 0 Å². The van der Waals surface area contributed by atoms with Gasteiger partial charge in [-0.3, -0.25) is 9.59 Å². The smallest absolute Gasteiger partial charge is 0.232 e. The quantitative estimate of drug-likeness (QED) is 0.386. The lowest BCUT2D eigenvalue weighted by Crippen LogP contribution is -2.11. The number of hydrogen-bond donors (Lipinski definition) is 0. The van der Waals surface area contributed by atoms with Crippen LogP contribution in [0.2, 0.25) is 5.02 Å². The van der Waals surface area contributed by atoms with Crippen LogP contribution >= 0.6 is 11.6 Å². The van der Waals surface area contributed by atoms with E-state index in [2.05, 4.69) is 0 Å². The normalized spacial score (nSPS) is 13.8. The number of carbonyl (C=O) groups is 2. The third-order valence-electron chi connectivity index (χ3n) is 4.85. The molecule has 0 saturated carbocycles. The molecule has 1 aliphatic rings. The summed E-state index contributed by atoms with van der Waals surface area (Å²) in [6, 6.07) is 17.9. The van der Waals surface area contributed by atoms with E-state index in [4.69, 9.17) is 21.1 Å². The number of rotatable bonds is 5. The van der Waals surface area contributed by atoms with E-state index in [-0.39, 0.29) is 23.9 Å². The fraction of sp³-hybridized carbons (Fsp3) is 0.120. The minimum Gasteiger partial charge on any atom is -0.485 e. The summed E-state index contributed by atoms with van der Waals surface area (Å²) in [4.78, 5) is 25.1. The summed E-state index contributed by atoms with van der Waals surface area (Å²) < 4.78 is 11.5. The summed E-state index contributed by atoms with van der Waals surface area (Å²) in [5.41, 5.74) is 3.81. The van der Waals surface area contributed by atoms with E-state index in [1.54, 1.807) is 42.5 Å². The number of hydrogen-bond acceptors (Lipinski definition) is 4. The van der Waals surface area contributed by atoms with Crippen molar-refractivity contribution in [3.63, 3.8) is 0 Å². The van der Waals surface area contributed by atoms with Gasteiger partial charge in [0.25, 0.3) is 0 Å². The fourth-order valence-corrected chi connectivity index (χ4v) is 3.37. The zero-order valence-corrected chi connectivity index (χ0v) is 17.3. The topological polar surface area (TPSA) is 52.6 Å². The highest BCUT2D eigenvalue weighted by molar-refractivity contribution is 6.30. The molecule has 4 rings (SSSR count). The molecule has 1 heterocycles. The van der Waals surface area contributed by atoms with Crippen molar-refractivity contribution in [3.8, 4) is 11.5 Å². The van der Waals surface area contributed by atoms with Crippen LogP contribution in [-0.2, 0) is 0 Å². The third kappa shape index (κ3) is 4.14. The van der Waals surface area contributed by atoms with Gasteiger partial charge in [0, 0.05) is 16.7 Å². The molecule has 1 aliphatic heterocycles. The van der Waals surface area contributed by atoms with Gasteiger partial charge in [0.1, 0.15) is 11.5 Å². The van der Waals surface area contributed by atoms with Crippen molar-refractivity contribution in [2.45, 2.75) is 13.8 Å². The van der Waals surface area contributed by atoms with Gasteiger partial charge < -0.3 is 9.47 Å². The number of benzene rings is 3. The summed E-state index contributed by atoms with van der Waals surface area (Å²) >= 11 is 5.85. The van der Waals surface area contributed by atoms with Gasteiger partial charge in [-0.2, -0.15) is 0 Å². The van der Waals surface area contributed by atoms with Crippen LogP contribution in [0.15, 0.2) is 66.4 Å². The van der Waals surface area contributed by atoms with Gasteiger partial charge in [-0.25, -0.2) is 0 Å². The molecule has 0 N–H and O–H groups in total. The molecule has 0 unspecified atom stereocenters. The highest BCUT2D eigenvalue weighted by Gasteiger charge is 2.30. The molecular weight excluding hydrogens is 400 g/mol. The van der Waals surface area contributed by atoms with Crippen molar-refractivity contribution in [1.29, 1.82) is 0 Å². The van der Waals surface area contributed by atoms with Crippen molar-refractivity contribution in [2.24, 2.45) is 0 Å². The van der Waals surface area contributed by atoms with Gasteiger partial charge in [0.15, 0.2) is 18.1 Å². The second-order valence-corrected chi connectivity index (χ2v) is 7.62. The van der Waals surface area contributed by atoms with Gasteiger partial charge in [-0.15, -0.1) is 0 Å². The Balaban J connectivity index is 1.51. The zero-order valence-electron chi connectivity index (χ0n) is 16.6. The second kappa shape index (κ2) is 8.17. The molecule has 0 aliphatic carbocycles. The minimum absolute atomic E-state index is 0.125. The van der Waals surface area contributed by atoms with Crippen molar-refractivity contribution in [2.75, 3.05) is 6.61 Å². The average molecular weight is 419 g/mol. The number of carbonyl (C=O) groups excluding carboxylic acids is 2. The van der Waals surface area contributed by atoms with Crippen molar-refractivity contribution in [3.05, 3.63) is 99.3 Å². The van der Waals surface area contributed by atoms with Crippen molar-refractivity contribution >= 4 is 29.2 Å². The van der Waals surface area contributed by atoms with Crippen LogP contribution in [0.3, 0.4) is 0 Å². The molecule has 150 valence electrons. The van der Waals surface area contributed by atoms with E-state index in [1.165, 1.54) is 0 Å². The Labute approximate surface area is 179 Å². The maximum absolute atomic E-state index is 12.8. The Morgan fingerprint density at radius 1 is 1.03 bits per heavy atom. The number of halogens is 1. The highest BCUT2D eigenvalue weighted by atomic mass is 35.5. The number of fused-ring (bicyclic) bond motifs is 1. The Hall–Kier alpha value is -3.37. The molecule has 0 saturated heterocycles. The molecule has 4 nitrogen and oxygen atoms in total. The van der Waals surface area contributed by atoms with Crippen molar-refractivity contribution in [1.82, 2.24) is 0 Å². The number of ether oxygens (including phenoxy) is 2. The average Bonchev–Trinajstić information content (AvgIpc) is 3.04. The Bertz CT molecular complexity index is 1160. The molecule has 30 heavy (non-hydrogen) atoms. The lowest BCUT2D eigenvalue weighted by atomic mass is 10.0. The van der Waals surface area contributed by atoms with E-state index >= 15 is 0 Å². The molecule has 5 heteroatoms. The molecule has 0 spiro atoms. The minimum atomic E-state index is -0.165. The number of Topliss-reactive ketones (excluding diaryl/α,β-unsaturated/α-hetero) is 2. The van der Waals surface area contributed by atoms with E-state index in [9.17, 15) is 9.59 Å². The van der Waals surface area contributed by atoms with Crippen LogP contribution in [0, 0.1) is 13.8 Å². The summed E-state index contributed by atoms with van der Waals surface area (Å²) in [5, 5.41) is 0.568. The molecular formula is C25H19ClO4. The van der Waals surface area contributed by atoms with E-state index < -0.39 is 0 Å².